The number of aliphatic hydroxyl groups is 1. The number of hydrogen-bond donors (Lipinski definition) is 1. The van der Waals surface area contributed by atoms with Crippen LogP contribution in [0.3, 0.4) is 0 Å². The number of nitrogens with zero attached hydrogens (tertiary/aromatic N) is 2. The maximum Gasteiger partial charge on any atom is 0.311 e. The quantitative estimate of drug-likeness (QED) is 0.670. The fourth-order valence-electron chi connectivity index (χ4n) is 2.47. The van der Waals surface area contributed by atoms with Crippen molar-refractivity contribution in [3.63, 3.8) is 0 Å². The summed E-state index contributed by atoms with van der Waals surface area (Å²) >= 11 is 0. The molecule has 0 radical (unpaired) electrons. The summed E-state index contributed by atoms with van der Waals surface area (Å²) in [4.78, 5) is 24.5. The lowest BCUT2D eigenvalue weighted by atomic mass is 9.97. The summed E-state index contributed by atoms with van der Waals surface area (Å²) in [6.07, 6.45) is 1.50. The average Bonchev–Trinajstić information content (AvgIpc) is 2.53. The summed E-state index contributed by atoms with van der Waals surface area (Å²) in [6.45, 7) is 1.25. The van der Waals surface area contributed by atoms with E-state index in [9.17, 15) is 14.9 Å². The molecule has 1 aromatic rings. The van der Waals surface area contributed by atoms with Crippen molar-refractivity contribution in [2.75, 3.05) is 26.8 Å². The predicted octanol–water partition coefficient (Wildman–Crippen LogP) is 1.45. The van der Waals surface area contributed by atoms with E-state index in [-0.39, 0.29) is 35.4 Å². The van der Waals surface area contributed by atoms with Crippen LogP contribution in [0.1, 0.15) is 23.2 Å². The van der Waals surface area contributed by atoms with E-state index in [0.29, 0.717) is 13.1 Å². The highest BCUT2D eigenvalue weighted by Gasteiger charge is 2.25. The molecule has 1 aromatic carbocycles. The number of benzene rings is 1. The standard InChI is InChI=1S/C14H18N2O5/c1-21-13-3-2-11(8-12(13)16(19)20)14(18)15-6-4-10(9-17)5-7-15/h2-3,8,10,17H,4-7,9H2,1H3. The van der Waals surface area contributed by atoms with Gasteiger partial charge in [-0.15, -0.1) is 0 Å². The molecular weight excluding hydrogens is 276 g/mol. The number of likely N-dealkylation sites (tertiary alicyclic amines) is 1. The van der Waals surface area contributed by atoms with Crippen LogP contribution in [0.25, 0.3) is 0 Å². The molecule has 1 fully saturated rings. The third kappa shape index (κ3) is 3.30. The van der Waals surface area contributed by atoms with Crippen molar-refractivity contribution >= 4 is 11.6 Å². The van der Waals surface area contributed by atoms with Gasteiger partial charge in [-0.1, -0.05) is 0 Å². The number of rotatable bonds is 4. The van der Waals surface area contributed by atoms with Gasteiger partial charge in [-0.3, -0.25) is 14.9 Å². The number of piperidine rings is 1. The molecule has 0 bridgehead atoms. The molecule has 1 heterocycles. The van der Waals surface area contributed by atoms with Crippen molar-refractivity contribution in [3.05, 3.63) is 33.9 Å². The molecule has 0 aliphatic carbocycles. The van der Waals surface area contributed by atoms with E-state index < -0.39 is 4.92 Å². The monoisotopic (exact) mass is 294 g/mol. The molecule has 0 unspecified atom stereocenters. The first kappa shape index (κ1) is 15.2. The largest absolute Gasteiger partial charge is 0.490 e. The minimum atomic E-state index is -0.562. The SMILES string of the molecule is COc1ccc(C(=O)N2CCC(CO)CC2)cc1[N+](=O)[O-]. The molecule has 1 N–H and O–H groups in total. The molecule has 1 saturated heterocycles. The Morgan fingerprint density at radius 1 is 1.48 bits per heavy atom. The summed E-state index contributed by atoms with van der Waals surface area (Å²) in [6, 6.07) is 4.22. The molecular formula is C14H18N2O5. The summed E-state index contributed by atoms with van der Waals surface area (Å²) in [7, 11) is 1.35. The Morgan fingerprint density at radius 2 is 2.14 bits per heavy atom. The molecule has 0 spiro atoms. The van der Waals surface area contributed by atoms with Crippen molar-refractivity contribution in [2.24, 2.45) is 5.92 Å². The second-order valence-electron chi connectivity index (χ2n) is 5.06. The Hall–Kier alpha value is -2.15. The van der Waals surface area contributed by atoms with Gasteiger partial charge in [0.2, 0.25) is 0 Å². The number of carbonyl (C=O) groups is 1. The highest BCUT2D eigenvalue weighted by molar-refractivity contribution is 5.95. The van der Waals surface area contributed by atoms with E-state index in [4.69, 9.17) is 9.84 Å². The number of ether oxygens (including phenoxy) is 1. The predicted molar refractivity (Wildman–Crippen MR) is 75.4 cm³/mol. The second kappa shape index (κ2) is 6.53. The van der Waals surface area contributed by atoms with Crippen LogP contribution in [0.2, 0.25) is 0 Å². The van der Waals surface area contributed by atoms with Gasteiger partial charge in [0.15, 0.2) is 5.75 Å². The van der Waals surface area contributed by atoms with E-state index >= 15 is 0 Å². The van der Waals surface area contributed by atoms with E-state index in [1.165, 1.54) is 25.3 Å². The first-order valence-corrected chi connectivity index (χ1v) is 6.79. The molecule has 1 aliphatic heterocycles. The van der Waals surface area contributed by atoms with Crippen molar-refractivity contribution in [3.8, 4) is 5.75 Å². The first-order valence-electron chi connectivity index (χ1n) is 6.79. The fourth-order valence-corrected chi connectivity index (χ4v) is 2.47. The molecule has 1 amide bonds. The van der Waals surface area contributed by atoms with Gasteiger partial charge in [-0.2, -0.15) is 0 Å². The third-order valence-electron chi connectivity index (χ3n) is 3.78. The van der Waals surface area contributed by atoms with Gasteiger partial charge in [-0.25, -0.2) is 0 Å². The lowest BCUT2D eigenvalue weighted by molar-refractivity contribution is -0.385. The average molecular weight is 294 g/mol. The van der Waals surface area contributed by atoms with Crippen LogP contribution < -0.4 is 4.74 Å². The lowest BCUT2D eigenvalue weighted by Gasteiger charge is -2.31. The number of carbonyl (C=O) groups excluding carboxylic acids is 1. The van der Waals surface area contributed by atoms with Gasteiger partial charge < -0.3 is 14.7 Å². The van der Waals surface area contributed by atoms with E-state index in [2.05, 4.69) is 0 Å². The zero-order chi connectivity index (χ0) is 15.4. The van der Waals surface area contributed by atoms with Crippen molar-refractivity contribution in [2.45, 2.75) is 12.8 Å². The summed E-state index contributed by atoms with van der Waals surface area (Å²) in [5.74, 6) is 0.145. The summed E-state index contributed by atoms with van der Waals surface area (Å²) in [5, 5.41) is 20.1. The molecule has 114 valence electrons. The van der Waals surface area contributed by atoms with Crippen LogP contribution in [-0.2, 0) is 0 Å². The normalized spacial score (nSPS) is 15.8. The van der Waals surface area contributed by atoms with E-state index in [1.807, 2.05) is 0 Å². The van der Waals surface area contributed by atoms with Crippen molar-refractivity contribution < 1.29 is 19.6 Å². The third-order valence-corrected chi connectivity index (χ3v) is 3.78. The number of aliphatic hydroxyl groups excluding tert-OH is 1. The Bertz CT molecular complexity index is 538. The van der Waals surface area contributed by atoms with Gasteiger partial charge in [0.25, 0.3) is 5.91 Å². The minimum absolute atomic E-state index is 0.135. The molecule has 7 heteroatoms. The second-order valence-corrected chi connectivity index (χ2v) is 5.06. The van der Waals surface area contributed by atoms with Crippen LogP contribution in [0.5, 0.6) is 5.75 Å². The van der Waals surface area contributed by atoms with Gasteiger partial charge in [-0.05, 0) is 30.9 Å². The molecule has 1 aliphatic rings. The van der Waals surface area contributed by atoms with Crippen molar-refractivity contribution in [1.29, 1.82) is 0 Å². The van der Waals surface area contributed by atoms with Crippen molar-refractivity contribution in [1.82, 2.24) is 4.90 Å². The number of methoxy groups -OCH3 is 1. The van der Waals surface area contributed by atoms with Gasteiger partial charge >= 0.3 is 5.69 Å². The molecule has 7 nitrogen and oxygen atoms in total. The smallest absolute Gasteiger partial charge is 0.311 e. The zero-order valence-electron chi connectivity index (χ0n) is 11.8. The van der Waals surface area contributed by atoms with E-state index in [1.54, 1.807) is 4.90 Å². The van der Waals surface area contributed by atoms with Crippen LogP contribution in [0.15, 0.2) is 18.2 Å². The zero-order valence-corrected chi connectivity index (χ0v) is 11.8. The Morgan fingerprint density at radius 3 is 2.67 bits per heavy atom. The minimum Gasteiger partial charge on any atom is -0.490 e. The first-order chi connectivity index (χ1) is 10.1. The van der Waals surface area contributed by atoms with Gasteiger partial charge in [0, 0.05) is 31.3 Å². The highest BCUT2D eigenvalue weighted by atomic mass is 16.6. The Kier molecular flexibility index (Phi) is 4.74. The van der Waals surface area contributed by atoms with Gasteiger partial charge in [0.1, 0.15) is 0 Å². The number of amides is 1. The lowest BCUT2D eigenvalue weighted by Crippen LogP contribution is -2.39. The van der Waals surface area contributed by atoms with Crippen LogP contribution in [0, 0.1) is 16.0 Å². The van der Waals surface area contributed by atoms with Gasteiger partial charge in [0.05, 0.1) is 12.0 Å². The number of nitro benzene ring substituents is 1. The maximum atomic E-state index is 12.4. The molecule has 0 atom stereocenters. The maximum absolute atomic E-state index is 12.4. The molecule has 0 aromatic heterocycles. The van der Waals surface area contributed by atoms with Crippen LogP contribution in [-0.4, -0.2) is 47.6 Å². The summed E-state index contributed by atoms with van der Waals surface area (Å²) < 4.78 is 4.92. The number of nitro groups is 1. The Labute approximate surface area is 122 Å². The number of hydrogen-bond acceptors (Lipinski definition) is 5. The molecule has 2 rings (SSSR count). The summed E-state index contributed by atoms with van der Waals surface area (Å²) in [5.41, 5.74) is 0.0681. The fraction of sp³-hybridized carbons (Fsp3) is 0.500. The van der Waals surface area contributed by atoms with E-state index in [0.717, 1.165) is 12.8 Å². The molecule has 0 saturated carbocycles. The molecule has 21 heavy (non-hydrogen) atoms. The topological polar surface area (TPSA) is 92.9 Å². The van der Waals surface area contributed by atoms with Crippen LogP contribution >= 0.6 is 0 Å². The van der Waals surface area contributed by atoms with Crippen LogP contribution in [0.4, 0.5) is 5.69 Å². The highest BCUT2D eigenvalue weighted by Crippen LogP contribution is 2.28. The Balaban J connectivity index is 2.16.